The maximum absolute atomic E-state index is 12.9. The van der Waals surface area contributed by atoms with E-state index < -0.39 is 23.7 Å². The average Bonchev–Trinajstić information content (AvgIpc) is 3.07. The quantitative estimate of drug-likeness (QED) is 0.638. The fourth-order valence-corrected chi connectivity index (χ4v) is 2.65. The van der Waals surface area contributed by atoms with E-state index >= 15 is 0 Å². The van der Waals surface area contributed by atoms with Crippen LogP contribution in [0.4, 0.5) is 4.39 Å². The van der Waals surface area contributed by atoms with Gasteiger partial charge in [-0.25, -0.2) is 9.37 Å². The van der Waals surface area contributed by atoms with Crippen molar-refractivity contribution >= 4 is 22.9 Å². The van der Waals surface area contributed by atoms with Crippen molar-refractivity contribution in [1.29, 1.82) is 0 Å². The monoisotopic (exact) mass is 400 g/mol. The molecule has 0 aliphatic carbocycles. The number of hydrazine groups is 1. The molecule has 152 valence electrons. The van der Waals surface area contributed by atoms with Crippen LogP contribution in [0.5, 0.6) is 5.75 Å². The minimum atomic E-state index is -0.915. The van der Waals surface area contributed by atoms with Crippen LogP contribution in [-0.4, -0.2) is 28.1 Å². The summed E-state index contributed by atoms with van der Waals surface area (Å²) < 4.78 is 23.6. The van der Waals surface area contributed by atoms with Gasteiger partial charge in [0, 0.05) is 5.69 Å². The van der Waals surface area contributed by atoms with Gasteiger partial charge in [-0.3, -0.25) is 20.4 Å². The fourth-order valence-electron chi connectivity index (χ4n) is 2.65. The van der Waals surface area contributed by atoms with Crippen molar-refractivity contribution in [2.45, 2.75) is 39.7 Å². The molecule has 0 aliphatic rings. The van der Waals surface area contributed by atoms with Crippen LogP contribution in [0.15, 0.2) is 34.9 Å². The van der Waals surface area contributed by atoms with Crippen LogP contribution in [0.3, 0.4) is 0 Å². The van der Waals surface area contributed by atoms with E-state index in [0.29, 0.717) is 28.1 Å². The third-order valence-corrected chi connectivity index (χ3v) is 4.27. The van der Waals surface area contributed by atoms with Crippen molar-refractivity contribution in [3.63, 3.8) is 0 Å². The minimum absolute atomic E-state index is 0.0649. The van der Waals surface area contributed by atoms with Gasteiger partial charge in [0.05, 0.1) is 16.6 Å². The number of fused-ring (bicyclic) bond motifs is 1. The van der Waals surface area contributed by atoms with Gasteiger partial charge in [0.2, 0.25) is 0 Å². The van der Waals surface area contributed by atoms with Crippen LogP contribution in [0.2, 0.25) is 0 Å². The normalized spacial score (nSPS) is 12.1. The highest BCUT2D eigenvalue weighted by atomic mass is 19.1. The van der Waals surface area contributed by atoms with Crippen molar-refractivity contribution in [3.8, 4) is 5.75 Å². The summed E-state index contributed by atoms with van der Waals surface area (Å²) in [5.41, 5.74) is 6.45. The van der Waals surface area contributed by atoms with Crippen LogP contribution < -0.4 is 15.6 Å². The molecule has 0 fully saturated rings. The lowest BCUT2D eigenvalue weighted by atomic mass is 10.0. The predicted octanol–water partition coefficient (Wildman–Crippen LogP) is 3.02. The number of benzene rings is 1. The van der Waals surface area contributed by atoms with Gasteiger partial charge >= 0.3 is 0 Å². The number of carbonyl (C=O) groups is 2. The first kappa shape index (κ1) is 20.2. The van der Waals surface area contributed by atoms with Crippen LogP contribution in [0.1, 0.15) is 48.4 Å². The van der Waals surface area contributed by atoms with E-state index in [-0.39, 0.29) is 11.6 Å². The molecular formula is C20H21FN4O4. The first-order valence-electron chi connectivity index (χ1n) is 9.05. The van der Waals surface area contributed by atoms with Gasteiger partial charge in [-0.2, -0.15) is 0 Å². The highest BCUT2D eigenvalue weighted by Crippen LogP contribution is 2.25. The van der Waals surface area contributed by atoms with Crippen LogP contribution in [0.25, 0.3) is 11.1 Å². The molecule has 0 spiro atoms. The number of pyridine rings is 1. The number of aryl methyl sites for hydroxylation is 1. The van der Waals surface area contributed by atoms with Crippen molar-refractivity contribution in [2.24, 2.45) is 0 Å². The summed E-state index contributed by atoms with van der Waals surface area (Å²) >= 11 is 0. The Kier molecular flexibility index (Phi) is 5.76. The number of hydrogen-bond donors (Lipinski definition) is 2. The van der Waals surface area contributed by atoms with Crippen LogP contribution in [-0.2, 0) is 4.79 Å². The maximum Gasteiger partial charge on any atom is 0.279 e. The number of halogens is 1. The van der Waals surface area contributed by atoms with Crippen molar-refractivity contribution in [1.82, 2.24) is 21.0 Å². The van der Waals surface area contributed by atoms with E-state index in [1.54, 1.807) is 13.0 Å². The number of amides is 2. The van der Waals surface area contributed by atoms with E-state index in [1.807, 2.05) is 13.8 Å². The van der Waals surface area contributed by atoms with Gasteiger partial charge in [-0.1, -0.05) is 19.0 Å². The van der Waals surface area contributed by atoms with Crippen molar-refractivity contribution < 1.29 is 23.2 Å². The Bertz CT molecular complexity index is 1050. The third kappa shape index (κ3) is 4.50. The Morgan fingerprint density at radius 1 is 1.14 bits per heavy atom. The maximum atomic E-state index is 12.9. The van der Waals surface area contributed by atoms with Gasteiger partial charge in [0.15, 0.2) is 6.10 Å². The zero-order valence-electron chi connectivity index (χ0n) is 16.4. The molecule has 3 aromatic rings. The molecule has 2 aromatic heterocycles. The Hall–Kier alpha value is -3.49. The molecule has 8 nitrogen and oxygen atoms in total. The number of hydrogen-bond acceptors (Lipinski definition) is 6. The lowest BCUT2D eigenvalue weighted by Gasteiger charge is -2.15. The second-order valence-corrected chi connectivity index (χ2v) is 6.85. The molecule has 1 atom stereocenters. The first-order valence-corrected chi connectivity index (χ1v) is 9.05. The standard InChI is InChI=1S/C20H21FN4O4/c1-10(2)16-9-15(17-11(3)25-29-20(17)22-16)19(27)24-23-18(26)12(4)28-14-7-5-13(21)6-8-14/h5-10,12H,1-4H3,(H,23,26)(H,24,27). The van der Waals surface area contributed by atoms with Gasteiger partial charge in [0.25, 0.3) is 17.5 Å². The second-order valence-electron chi connectivity index (χ2n) is 6.85. The second kappa shape index (κ2) is 8.26. The Balaban J connectivity index is 1.70. The predicted molar refractivity (Wildman–Crippen MR) is 103 cm³/mol. The van der Waals surface area contributed by atoms with E-state index in [0.717, 1.165) is 0 Å². The summed E-state index contributed by atoms with van der Waals surface area (Å²) in [4.78, 5) is 29.3. The molecule has 0 aliphatic heterocycles. The summed E-state index contributed by atoms with van der Waals surface area (Å²) in [6.45, 7) is 7.09. The van der Waals surface area contributed by atoms with E-state index in [9.17, 15) is 14.0 Å². The smallest absolute Gasteiger partial charge is 0.279 e. The molecule has 2 N–H and O–H groups in total. The highest BCUT2D eigenvalue weighted by molar-refractivity contribution is 6.06. The summed E-state index contributed by atoms with van der Waals surface area (Å²) in [7, 11) is 0. The lowest BCUT2D eigenvalue weighted by Crippen LogP contribution is -2.47. The zero-order chi connectivity index (χ0) is 21.1. The molecule has 29 heavy (non-hydrogen) atoms. The molecule has 0 bridgehead atoms. The van der Waals surface area contributed by atoms with Gasteiger partial charge in [-0.05, 0) is 50.1 Å². The molecule has 3 rings (SSSR count). The van der Waals surface area contributed by atoms with Crippen LogP contribution >= 0.6 is 0 Å². The summed E-state index contributed by atoms with van der Waals surface area (Å²) in [5, 5.41) is 4.35. The molecule has 9 heteroatoms. The molecule has 0 saturated heterocycles. The third-order valence-electron chi connectivity index (χ3n) is 4.27. The summed E-state index contributed by atoms with van der Waals surface area (Å²) in [6, 6.07) is 6.92. The Labute approximate surface area is 166 Å². The number of rotatable bonds is 5. The number of carbonyl (C=O) groups excluding carboxylic acids is 2. The number of ether oxygens (including phenoxy) is 1. The van der Waals surface area contributed by atoms with E-state index in [2.05, 4.69) is 21.0 Å². The van der Waals surface area contributed by atoms with Gasteiger partial charge in [-0.15, -0.1) is 0 Å². The number of nitrogens with zero attached hydrogens (tertiary/aromatic N) is 2. The molecule has 0 saturated carbocycles. The fraction of sp³-hybridized carbons (Fsp3) is 0.300. The van der Waals surface area contributed by atoms with Gasteiger partial charge in [0.1, 0.15) is 11.6 Å². The number of nitrogens with one attached hydrogen (secondary N) is 2. The molecular weight excluding hydrogens is 379 g/mol. The molecule has 2 heterocycles. The largest absolute Gasteiger partial charge is 0.481 e. The SMILES string of the molecule is Cc1noc2nc(C(C)C)cc(C(=O)NNC(=O)C(C)Oc3ccc(F)cc3)c12. The highest BCUT2D eigenvalue weighted by Gasteiger charge is 2.21. The first-order chi connectivity index (χ1) is 13.8. The average molecular weight is 400 g/mol. The van der Waals surface area contributed by atoms with E-state index in [1.165, 1.54) is 31.2 Å². The number of aromatic nitrogens is 2. The molecule has 0 radical (unpaired) electrons. The minimum Gasteiger partial charge on any atom is -0.481 e. The lowest BCUT2D eigenvalue weighted by molar-refractivity contribution is -0.128. The molecule has 1 unspecified atom stereocenters. The van der Waals surface area contributed by atoms with Crippen LogP contribution in [0, 0.1) is 12.7 Å². The Morgan fingerprint density at radius 2 is 1.83 bits per heavy atom. The van der Waals surface area contributed by atoms with Gasteiger partial charge < -0.3 is 9.26 Å². The van der Waals surface area contributed by atoms with Crippen molar-refractivity contribution in [2.75, 3.05) is 0 Å². The summed E-state index contributed by atoms with van der Waals surface area (Å²) in [5.74, 6) is -1.12. The molecule has 2 amide bonds. The topological polar surface area (TPSA) is 106 Å². The van der Waals surface area contributed by atoms with E-state index in [4.69, 9.17) is 9.26 Å². The Morgan fingerprint density at radius 3 is 2.48 bits per heavy atom. The molecule has 1 aromatic carbocycles. The van der Waals surface area contributed by atoms with Crippen molar-refractivity contribution in [3.05, 3.63) is 53.1 Å². The zero-order valence-corrected chi connectivity index (χ0v) is 16.4. The summed E-state index contributed by atoms with van der Waals surface area (Å²) in [6.07, 6.45) is -0.915.